The molecule has 8 heteroatoms. The van der Waals surface area contributed by atoms with Gasteiger partial charge in [-0.05, 0) is 49.3 Å². The molecule has 0 saturated heterocycles. The minimum absolute atomic E-state index is 0.273. The lowest BCUT2D eigenvalue weighted by Gasteiger charge is -2.32. The van der Waals surface area contributed by atoms with E-state index in [9.17, 15) is 14.7 Å². The molecule has 156 valence electrons. The summed E-state index contributed by atoms with van der Waals surface area (Å²) in [5, 5.41) is 17.9. The number of hydrogen-bond acceptors (Lipinski definition) is 5. The Morgan fingerprint density at radius 1 is 1.33 bits per heavy atom. The van der Waals surface area contributed by atoms with Crippen molar-refractivity contribution in [3.8, 4) is 5.75 Å². The third kappa shape index (κ3) is 3.07. The van der Waals surface area contributed by atoms with Gasteiger partial charge in [-0.25, -0.2) is 4.98 Å². The smallest absolute Gasteiger partial charge is 0.275 e. The molecule has 0 atom stereocenters. The number of nitrogens with one attached hydrogen (secondary N) is 1. The average molecular weight is 407 g/mol. The highest BCUT2D eigenvalue weighted by atomic mass is 16.3. The Morgan fingerprint density at radius 2 is 2.10 bits per heavy atom. The van der Waals surface area contributed by atoms with Crippen LogP contribution in [0.2, 0.25) is 0 Å². The molecule has 3 aromatic heterocycles. The second kappa shape index (κ2) is 6.97. The second-order valence-corrected chi connectivity index (χ2v) is 8.54. The summed E-state index contributed by atoms with van der Waals surface area (Å²) in [7, 11) is 1.43. The summed E-state index contributed by atoms with van der Waals surface area (Å²) >= 11 is 0. The van der Waals surface area contributed by atoms with E-state index in [1.807, 2.05) is 6.20 Å². The van der Waals surface area contributed by atoms with Crippen LogP contribution in [0.4, 0.5) is 0 Å². The fraction of sp³-hybridized carbons (Fsp3) is 0.455. The molecule has 3 aromatic rings. The van der Waals surface area contributed by atoms with Gasteiger partial charge >= 0.3 is 0 Å². The van der Waals surface area contributed by atoms with Crippen molar-refractivity contribution in [3.63, 3.8) is 0 Å². The van der Waals surface area contributed by atoms with Gasteiger partial charge in [-0.1, -0.05) is 12.8 Å². The minimum atomic E-state index is -0.758. The molecule has 0 radical (unpaired) electrons. The van der Waals surface area contributed by atoms with E-state index in [4.69, 9.17) is 4.98 Å². The van der Waals surface area contributed by atoms with Crippen molar-refractivity contribution in [2.24, 2.45) is 0 Å². The van der Waals surface area contributed by atoms with Crippen molar-refractivity contribution in [2.75, 3.05) is 7.05 Å². The van der Waals surface area contributed by atoms with Crippen LogP contribution in [0.3, 0.4) is 0 Å². The number of nitrogens with zero attached hydrogens (tertiary/aromatic N) is 4. The Kier molecular flexibility index (Phi) is 4.38. The van der Waals surface area contributed by atoms with Crippen LogP contribution in [-0.4, -0.2) is 37.4 Å². The van der Waals surface area contributed by atoms with Crippen LogP contribution in [0.25, 0.3) is 11.0 Å². The van der Waals surface area contributed by atoms with Crippen LogP contribution in [0.15, 0.2) is 35.5 Å². The Bertz CT molecular complexity index is 1190. The molecule has 3 heterocycles. The summed E-state index contributed by atoms with van der Waals surface area (Å²) in [6.07, 6.45) is 11.9. The SMILES string of the molecule is CNC(=O)c1nn(CC2(n3ccc4cc(C5CC5)cnc43)CCCC2)cc(O)c1=O. The highest BCUT2D eigenvalue weighted by Crippen LogP contribution is 2.43. The Hall–Kier alpha value is -3.16. The first-order chi connectivity index (χ1) is 14.5. The number of pyridine rings is 1. The molecule has 2 saturated carbocycles. The van der Waals surface area contributed by atoms with Crippen LogP contribution in [0, 0.1) is 0 Å². The number of carbonyl (C=O) groups excluding carboxylic acids is 1. The van der Waals surface area contributed by atoms with Crippen LogP contribution < -0.4 is 10.7 Å². The zero-order valence-corrected chi connectivity index (χ0v) is 17.0. The topological polar surface area (TPSA) is 102 Å². The predicted octanol–water partition coefficient (Wildman–Crippen LogP) is 2.51. The van der Waals surface area contributed by atoms with Gasteiger partial charge in [0, 0.05) is 24.8 Å². The van der Waals surface area contributed by atoms with Gasteiger partial charge in [-0.3, -0.25) is 14.3 Å². The van der Waals surface area contributed by atoms with Gasteiger partial charge in [0.15, 0.2) is 11.4 Å². The molecular weight excluding hydrogens is 382 g/mol. The lowest BCUT2D eigenvalue weighted by Crippen LogP contribution is -2.37. The third-order valence-corrected chi connectivity index (χ3v) is 6.49. The van der Waals surface area contributed by atoms with Crippen LogP contribution in [0.5, 0.6) is 5.75 Å². The maximum Gasteiger partial charge on any atom is 0.275 e. The van der Waals surface area contributed by atoms with Crippen molar-refractivity contribution in [1.29, 1.82) is 0 Å². The van der Waals surface area contributed by atoms with E-state index in [0.717, 1.165) is 36.7 Å². The molecule has 0 bridgehead atoms. The number of rotatable bonds is 5. The van der Waals surface area contributed by atoms with Gasteiger partial charge in [0.25, 0.3) is 11.3 Å². The number of hydrogen-bond donors (Lipinski definition) is 2. The van der Waals surface area contributed by atoms with Crippen molar-refractivity contribution in [3.05, 3.63) is 52.2 Å². The summed E-state index contributed by atoms with van der Waals surface area (Å²) in [5.74, 6) is -0.422. The van der Waals surface area contributed by atoms with Gasteiger partial charge in [-0.15, -0.1) is 0 Å². The Balaban J connectivity index is 1.56. The van der Waals surface area contributed by atoms with Crippen molar-refractivity contribution in [1.82, 2.24) is 24.6 Å². The summed E-state index contributed by atoms with van der Waals surface area (Å²) in [4.78, 5) is 29.0. The molecule has 5 rings (SSSR count). The monoisotopic (exact) mass is 407 g/mol. The number of fused-ring (bicyclic) bond motifs is 1. The van der Waals surface area contributed by atoms with Crippen molar-refractivity contribution < 1.29 is 9.90 Å². The van der Waals surface area contributed by atoms with Gasteiger partial charge in [0.1, 0.15) is 5.65 Å². The molecule has 1 amide bonds. The van der Waals surface area contributed by atoms with Gasteiger partial charge in [0.05, 0.1) is 18.3 Å². The molecule has 2 N–H and O–H groups in total. The van der Waals surface area contributed by atoms with E-state index < -0.39 is 17.1 Å². The summed E-state index contributed by atoms with van der Waals surface area (Å²) < 4.78 is 3.75. The molecule has 2 fully saturated rings. The fourth-order valence-electron chi connectivity index (χ4n) is 4.75. The number of aromatic nitrogens is 4. The van der Waals surface area contributed by atoms with E-state index in [1.54, 1.807) is 0 Å². The van der Waals surface area contributed by atoms with E-state index in [1.165, 1.54) is 36.3 Å². The quantitative estimate of drug-likeness (QED) is 0.677. The first kappa shape index (κ1) is 18.8. The predicted molar refractivity (Wildman–Crippen MR) is 112 cm³/mol. The highest BCUT2D eigenvalue weighted by Gasteiger charge is 2.38. The Morgan fingerprint density at radius 3 is 2.80 bits per heavy atom. The second-order valence-electron chi connectivity index (χ2n) is 8.54. The van der Waals surface area contributed by atoms with Gasteiger partial charge in [0.2, 0.25) is 0 Å². The van der Waals surface area contributed by atoms with Gasteiger partial charge < -0.3 is 15.0 Å². The zero-order valence-electron chi connectivity index (χ0n) is 17.0. The average Bonchev–Trinajstić information content (AvgIpc) is 3.34. The molecule has 2 aliphatic carbocycles. The molecule has 30 heavy (non-hydrogen) atoms. The van der Waals surface area contributed by atoms with E-state index in [2.05, 4.69) is 33.3 Å². The third-order valence-electron chi connectivity index (χ3n) is 6.49. The molecule has 0 unspecified atom stereocenters. The number of aromatic hydroxyl groups is 1. The highest BCUT2D eigenvalue weighted by molar-refractivity contribution is 5.92. The van der Waals surface area contributed by atoms with Crippen LogP contribution in [0.1, 0.15) is 60.5 Å². The number of amides is 1. The summed E-state index contributed by atoms with van der Waals surface area (Å²) in [6, 6.07) is 4.35. The normalized spacial score (nSPS) is 18.0. The lowest BCUT2D eigenvalue weighted by atomic mass is 9.97. The largest absolute Gasteiger partial charge is 0.503 e. The maximum atomic E-state index is 12.1. The summed E-state index contributed by atoms with van der Waals surface area (Å²) in [6.45, 7) is 0.445. The molecule has 0 aliphatic heterocycles. The van der Waals surface area contributed by atoms with Crippen molar-refractivity contribution >= 4 is 16.9 Å². The molecule has 2 aliphatic rings. The van der Waals surface area contributed by atoms with Crippen LogP contribution >= 0.6 is 0 Å². The van der Waals surface area contributed by atoms with Crippen molar-refractivity contribution in [2.45, 2.75) is 56.5 Å². The number of carbonyl (C=O) groups is 1. The fourth-order valence-corrected chi connectivity index (χ4v) is 4.75. The van der Waals surface area contributed by atoms with Crippen LogP contribution in [-0.2, 0) is 12.1 Å². The first-order valence-corrected chi connectivity index (χ1v) is 10.5. The summed E-state index contributed by atoms with van der Waals surface area (Å²) in [5.41, 5.74) is 0.924. The van der Waals surface area contributed by atoms with E-state index in [0.29, 0.717) is 12.5 Å². The Labute approximate surface area is 173 Å². The molecule has 0 spiro atoms. The molecule has 8 nitrogen and oxygen atoms in total. The minimum Gasteiger partial charge on any atom is -0.503 e. The standard InChI is InChI=1S/C22H25N5O3/c1-23-21(30)18-19(29)17(28)12-26(25-18)13-22(7-2-3-8-22)27-9-6-15-10-16(14-4-5-14)11-24-20(15)27/h6,9-12,14,28H,2-5,7-8,13H2,1H3,(H,23,30). The van der Waals surface area contributed by atoms with E-state index in [-0.39, 0.29) is 11.2 Å². The maximum absolute atomic E-state index is 12.1. The molecule has 0 aromatic carbocycles. The zero-order chi connectivity index (χ0) is 20.9. The molecular formula is C22H25N5O3. The van der Waals surface area contributed by atoms with Gasteiger partial charge in [-0.2, -0.15) is 5.10 Å². The van der Waals surface area contributed by atoms with E-state index >= 15 is 0 Å². The first-order valence-electron chi connectivity index (χ1n) is 10.5. The lowest BCUT2D eigenvalue weighted by molar-refractivity contribution is 0.0952.